The van der Waals surface area contributed by atoms with E-state index in [2.05, 4.69) is 24.6 Å². The molecule has 2 aromatic heterocycles. The first-order valence-electron chi connectivity index (χ1n) is 8.10. The maximum absolute atomic E-state index is 12.9. The number of hydrogen-bond acceptors (Lipinski definition) is 5. The Labute approximate surface area is 139 Å². The van der Waals surface area contributed by atoms with Crippen molar-refractivity contribution in [1.82, 2.24) is 19.7 Å². The fourth-order valence-corrected chi connectivity index (χ4v) is 5.17. The zero-order valence-electron chi connectivity index (χ0n) is 13.3. The van der Waals surface area contributed by atoms with Gasteiger partial charge in [-0.25, -0.2) is 27.5 Å². The van der Waals surface area contributed by atoms with Crippen molar-refractivity contribution in [3.05, 3.63) is 18.6 Å². The molecule has 0 aromatic carbocycles. The molecule has 2 N–H and O–H groups in total. The lowest BCUT2D eigenvalue weighted by atomic mass is 9.86. The van der Waals surface area contributed by atoms with E-state index < -0.39 is 21.4 Å². The highest BCUT2D eigenvalue weighted by Crippen LogP contribution is 2.34. The third-order valence-electron chi connectivity index (χ3n) is 5.13. The number of anilines is 1. The zero-order valence-corrected chi connectivity index (χ0v) is 14.1. The van der Waals surface area contributed by atoms with Gasteiger partial charge in [0.05, 0.1) is 10.6 Å². The molecule has 0 spiro atoms. The lowest BCUT2D eigenvalue weighted by Crippen LogP contribution is -2.56. The number of hydrogen-bond donors (Lipinski definition) is 2. The van der Waals surface area contributed by atoms with Crippen LogP contribution in [0.3, 0.4) is 0 Å². The van der Waals surface area contributed by atoms with Crippen molar-refractivity contribution in [1.29, 1.82) is 0 Å². The zero-order chi connectivity index (χ0) is 16.9. The lowest BCUT2D eigenvalue weighted by Gasteiger charge is -2.43. The Morgan fingerprint density at radius 1 is 1.29 bits per heavy atom. The molecule has 0 saturated heterocycles. The first-order chi connectivity index (χ1) is 11.4. The van der Waals surface area contributed by atoms with Crippen LogP contribution in [-0.4, -0.2) is 53.9 Å². The Bertz CT molecular complexity index is 842. The molecule has 4 rings (SSSR count). The number of nitrogens with one attached hydrogen (secondary N) is 2. The van der Waals surface area contributed by atoms with Gasteiger partial charge in [-0.2, -0.15) is 0 Å². The molecule has 130 valence electrons. The molecule has 0 amide bonds. The van der Waals surface area contributed by atoms with Gasteiger partial charge in [0.2, 0.25) is 10.0 Å². The van der Waals surface area contributed by atoms with E-state index in [4.69, 9.17) is 0 Å². The predicted octanol–water partition coefficient (Wildman–Crippen LogP) is 1.34. The second-order valence-corrected chi connectivity index (χ2v) is 8.72. The average molecular weight is 353 g/mol. The van der Waals surface area contributed by atoms with E-state index in [0.29, 0.717) is 0 Å². The highest BCUT2D eigenvalue weighted by molar-refractivity contribution is 7.90. The van der Waals surface area contributed by atoms with Crippen molar-refractivity contribution in [3.63, 3.8) is 0 Å². The molecule has 0 aliphatic heterocycles. The number of nitrogens with zero attached hydrogens (tertiary/aromatic N) is 3. The fourth-order valence-electron chi connectivity index (χ4n) is 3.40. The molecule has 0 radical (unpaired) electrons. The van der Waals surface area contributed by atoms with Crippen LogP contribution in [0.1, 0.15) is 25.7 Å². The smallest absolute Gasteiger partial charge is 0.214 e. The quantitative estimate of drug-likeness (QED) is 0.847. The summed E-state index contributed by atoms with van der Waals surface area (Å²) < 4.78 is 39.9. The molecule has 2 aliphatic carbocycles. The topological polar surface area (TPSA) is 91.0 Å². The van der Waals surface area contributed by atoms with Gasteiger partial charge in [-0.1, -0.05) is 0 Å². The Hall–Kier alpha value is -1.74. The van der Waals surface area contributed by atoms with E-state index >= 15 is 0 Å². The van der Waals surface area contributed by atoms with Crippen molar-refractivity contribution in [2.24, 2.45) is 0 Å². The predicted molar refractivity (Wildman–Crippen MR) is 89.1 cm³/mol. The molecule has 2 aromatic rings. The van der Waals surface area contributed by atoms with Crippen molar-refractivity contribution < 1.29 is 12.8 Å². The maximum atomic E-state index is 12.9. The second-order valence-electron chi connectivity index (χ2n) is 6.72. The van der Waals surface area contributed by atoms with Gasteiger partial charge in [-0.15, -0.1) is 0 Å². The SMILES string of the molecule is CN(c1ncnc2[nH]ccc12)[C@H]1C[C@@H](NS(=O)(=O)[C@H]2C[C@@H](F)C2)C1. The number of rotatable bonds is 5. The van der Waals surface area contributed by atoms with Gasteiger partial charge in [0.1, 0.15) is 24.0 Å². The van der Waals surface area contributed by atoms with Crippen molar-refractivity contribution in [3.8, 4) is 0 Å². The monoisotopic (exact) mass is 353 g/mol. The number of H-pyrrole nitrogens is 1. The average Bonchev–Trinajstić information content (AvgIpc) is 2.95. The number of sulfonamides is 1. The molecular weight excluding hydrogens is 333 g/mol. The number of halogens is 1. The molecule has 0 atom stereocenters. The van der Waals surface area contributed by atoms with E-state index in [-0.39, 0.29) is 24.9 Å². The molecule has 9 heteroatoms. The molecule has 24 heavy (non-hydrogen) atoms. The summed E-state index contributed by atoms with van der Waals surface area (Å²) in [6.45, 7) is 0. The van der Waals surface area contributed by atoms with Crippen LogP contribution in [0.25, 0.3) is 11.0 Å². The summed E-state index contributed by atoms with van der Waals surface area (Å²) in [5.74, 6) is 0.840. The normalized spacial score (nSPS) is 29.9. The molecular formula is C15H20FN5O2S. The van der Waals surface area contributed by atoms with Gasteiger partial charge < -0.3 is 9.88 Å². The summed E-state index contributed by atoms with van der Waals surface area (Å²) in [5, 5.41) is 0.387. The van der Waals surface area contributed by atoms with Crippen LogP contribution < -0.4 is 9.62 Å². The van der Waals surface area contributed by atoms with Crippen LogP contribution in [-0.2, 0) is 10.0 Å². The highest BCUT2D eigenvalue weighted by Gasteiger charge is 2.42. The van der Waals surface area contributed by atoms with E-state index in [1.54, 1.807) is 0 Å². The van der Waals surface area contributed by atoms with E-state index in [1.807, 2.05) is 19.3 Å². The van der Waals surface area contributed by atoms with Crippen LogP contribution in [0.5, 0.6) is 0 Å². The minimum absolute atomic E-state index is 0.0790. The van der Waals surface area contributed by atoms with Crippen molar-refractivity contribution >= 4 is 26.9 Å². The minimum Gasteiger partial charge on any atom is -0.356 e. The summed E-state index contributed by atoms with van der Waals surface area (Å²) in [6.07, 6.45) is 4.07. The molecule has 0 unspecified atom stereocenters. The van der Waals surface area contributed by atoms with Gasteiger partial charge in [0.25, 0.3) is 0 Å². The number of alkyl halides is 1. The summed E-state index contributed by atoms with van der Waals surface area (Å²) in [5.41, 5.74) is 0.786. The number of fused-ring (bicyclic) bond motifs is 1. The summed E-state index contributed by atoms with van der Waals surface area (Å²) in [4.78, 5) is 13.7. The van der Waals surface area contributed by atoms with Gasteiger partial charge >= 0.3 is 0 Å². The largest absolute Gasteiger partial charge is 0.356 e. The van der Waals surface area contributed by atoms with Crippen LogP contribution >= 0.6 is 0 Å². The van der Waals surface area contributed by atoms with Crippen molar-refractivity contribution in [2.75, 3.05) is 11.9 Å². The van der Waals surface area contributed by atoms with Gasteiger partial charge in [-0.05, 0) is 31.7 Å². The third kappa shape index (κ3) is 2.65. The van der Waals surface area contributed by atoms with Crippen LogP contribution in [0, 0.1) is 0 Å². The van der Waals surface area contributed by atoms with Crippen LogP contribution in [0.2, 0.25) is 0 Å². The fraction of sp³-hybridized carbons (Fsp3) is 0.600. The molecule has 2 heterocycles. The first kappa shape index (κ1) is 15.8. The number of aromatic nitrogens is 3. The summed E-state index contributed by atoms with van der Waals surface area (Å²) >= 11 is 0. The lowest BCUT2D eigenvalue weighted by molar-refractivity contribution is 0.211. The Kier molecular flexibility index (Phi) is 3.72. The van der Waals surface area contributed by atoms with Crippen LogP contribution in [0.4, 0.5) is 10.2 Å². The van der Waals surface area contributed by atoms with Crippen LogP contribution in [0.15, 0.2) is 18.6 Å². The van der Waals surface area contributed by atoms with Crippen molar-refractivity contribution in [2.45, 2.75) is 49.2 Å². The minimum atomic E-state index is -3.40. The van der Waals surface area contributed by atoms with E-state index in [1.165, 1.54) is 6.33 Å². The third-order valence-corrected chi connectivity index (χ3v) is 7.06. The maximum Gasteiger partial charge on any atom is 0.214 e. The Balaban J connectivity index is 1.38. The Morgan fingerprint density at radius 2 is 2.04 bits per heavy atom. The number of aromatic amines is 1. The summed E-state index contributed by atoms with van der Waals surface area (Å²) in [6, 6.07) is 2.08. The summed E-state index contributed by atoms with van der Waals surface area (Å²) in [7, 11) is -1.43. The Morgan fingerprint density at radius 3 is 2.75 bits per heavy atom. The van der Waals surface area contributed by atoms with Gasteiger partial charge in [0, 0.05) is 25.3 Å². The first-order valence-corrected chi connectivity index (χ1v) is 9.65. The second kappa shape index (κ2) is 5.66. The molecule has 2 saturated carbocycles. The van der Waals surface area contributed by atoms with E-state index in [0.717, 1.165) is 29.7 Å². The molecule has 2 aliphatic rings. The molecule has 7 nitrogen and oxygen atoms in total. The van der Waals surface area contributed by atoms with Gasteiger partial charge in [-0.3, -0.25) is 0 Å². The van der Waals surface area contributed by atoms with Gasteiger partial charge in [0.15, 0.2) is 0 Å². The highest BCUT2D eigenvalue weighted by atomic mass is 32.2. The van der Waals surface area contributed by atoms with E-state index in [9.17, 15) is 12.8 Å². The molecule has 0 bridgehead atoms. The standard InChI is InChI=1S/C15H20FN5O2S/c1-21(15-13-2-3-17-14(13)18-8-19-15)11-6-10(7-11)20-24(22,23)12-4-9(16)5-12/h2-3,8-12,20H,4-7H2,1H3,(H,17,18,19)/t9-,10-,11+,12+. The molecule has 2 fully saturated rings.